The van der Waals surface area contributed by atoms with Crippen molar-refractivity contribution in [1.29, 1.82) is 0 Å². The highest BCUT2D eigenvalue weighted by atomic mass is 35.5. The first-order valence-corrected chi connectivity index (χ1v) is 10.3. The molecule has 0 aliphatic heterocycles. The minimum atomic E-state index is -0.676. The smallest absolute Gasteiger partial charge is 0.256 e. The fourth-order valence-corrected chi connectivity index (χ4v) is 3.18. The summed E-state index contributed by atoms with van der Waals surface area (Å²) in [5, 5.41) is 10.4. The monoisotopic (exact) mass is 463 g/mol. The van der Waals surface area contributed by atoms with Gasteiger partial charge in [0.25, 0.3) is 5.91 Å². The van der Waals surface area contributed by atoms with Gasteiger partial charge in [-0.15, -0.1) is 0 Å². The molecular formula is C24H19ClFN5O2. The zero-order valence-corrected chi connectivity index (χ0v) is 18.0. The fraction of sp³-hybridized carbons (Fsp3) is 0.0417. The van der Waals surface area contributed by atoms with Crippen LogP contribution in [-0.4, -0.2) is 22.3 Å². The summed E-state index contributed by atoms with van der Waals surface area (Å²) >= 11 is 6.00. The number of aromatic nitrogens is 2. The van der Waals surface area contributed by atoms with Crippen molar-refractivity contribution in [3.63, 3.8) is 0 Å². The molecule has 166 valence electrons. The summed E-state index contributed by atoms with van der Waals surface area (Å²) in [5.41, 5.74) is 7.98. The van der Waals surface area contributed by atoms with E-state index in [0.29, 0.717) is 28.9 Å². The van der Waals surface area contributed by atoms with E-state index in [4.69, 9.17) is 22.1 Å². The molecule has 1 amide bonds. The highest BCUT2D eigenvalue weighted by Crippen LogP contribution is 2.27. The highest BCUT2D eigenvalue weighted by molar-refractivity contribution is 6.30. The number of H-pyrrole nitrogens is 1. The number of nitrogens with zero attached hydrogens (tertiary/aromatic N) is 2. The molecule has 0 bridgehead atoms. The molecule has 4 rings (SSSR count). The fourth-order valence-electron chi connectivity index (χ4n) is 2.99. The first kappa shape index (κ1) is 22.0. The Morgan fingerprint density at radius 2 is 1.91 bits per heavy atom. The molecule has 4 aromatic rings. The summed E-state index contributed by atoms with van der Waals surface area (Å²) in [7, 11) is 0. The summed E-state index contributed by atoms with van der Waals surface area (Å²) in [5.74, 6) is 0.170. The predicted molar refractivity (Wildman–Crippen MR) is 126 cm³/mol. The minimum Gasteiger partial charge on any atom is -0.489 e. The summed E-state index contributed by atoms with van der Waals surface area (Å²) < 4.78 is 18.7. The van der Waals surface area contributed by atoms with Crippen molar-refractivity contribution >= 4 is 41.0 Å². The number of halogens is 2. The number of aliphatic imine (C=N–C) groups is 1. The second kappa shape index (κ2) is 9.97. The van der Waals surface area contributed by atoms with E-state index < -0.39 is 5.91 Å². The van der Waals surface area contributed by atoms with Gasteiger partial charge in [-0.25, -0.2) is 9.38 Å². The Morgan fingerprint density at radius 3 is 2.61 bits per heavy atom. The van der Waals surface area contributed by atoms with Gasteiger partial charge in [0.2, 0.25) is 0 Å². The number of nitrogens with two attached hydrogens (primary N) is 1. The van der Waals surface area contributed by atoms with Gasteiger partial charge < -0.3 is 15.8 Å². The molecule has 0 unspecified atom stereocenters. The lowest BCUT2D eigenvalue weighted by molar-refractivity contribution is 0.100. The van der Waals surface area contributed by atoms with Gasteiger partial charge in [-0.1, -0.05) is 29.8 Å². The number of carbonyl (C=O) groups excluding carboxylic acids is 1. The van der Waals surface area contributed by atoms with E-state index >= 15 is 0 Å². The average Bonchev–Trinajstić information content (AvgIpc) is 3.20. The zero-order valence-electron chi connectivity index (χ0n) is 17.3. The molecule has 1 heterocycles. The molecule has 33 heavy (non-hydrogen) atoms. The molecular weight excluding hydrogens is 445 g/mol. The number of benzene rings is 3. The van der Waals surface area contributed by atoms with Gasteiger partial charge in [0.05, 0.1) is 0 Å². The first-order valence-electron chi connectivity index (χ1n) is 9.90. The van der Waals surface area contributed by atoms with Crippen molar-refractivity contribution in [2.75, 3.05) is 5.32 Å². The van der Waals surface area contributed by atoms with Crippen LogP contribution in [0, 0.1) is 5.82 Å². The van der Waals surface area contributed by atoms with E-state index in [1.807, 2.05) is 12.1 Å². The summed E-state index contributed by atoms with van der Waals surface area (Å²) in [6, 6.07) is 20.3. The van der Waals surface area contributed by atoms with Gasteiger partial charge in [-0.2, -0.15) is 5.10 Å². The number of primary amides is 1. The number of aromatic amines is 1. The number of hydrogen-bond acceptors (Lipinski definition) is 5. The molecule has 4 N–H and O–H groups in total. The maximum Gasteiger partial charge on any atom is 0.256 e. The summed E-state index contributed by atoms with van der Waals surface area (Å²) in [4.78, 5) is 16.3. The van der Waals surface area contributed by atoms with Crippen LogP contribution in [0.2, 0.25) is 5.02 Å². The van der Waals surface area contributed by atoms with Crippen LogP contribution in [0.5, 0.6) is 5.75 Å². The number of amides is 1. The second-order valence-electron chi connectivity index (χ2n) is 7.04. The Hall–Kier alpha value is -4.17. The summed E-state index contributed by atoms with van der Waals surface area (Å²) in [6.07, 6.45) is 1.57. The molecule has 0 saturated carbocycles. The zero-order chi connectivity index (χ0) is 23.2. The third-order valence-corrected chi connectivity index (χ3v) is 4.86. The number of anilines is 2. The number of ether oxygens (including phenoxy) is 1. The lowest BCUT2D eigenvalue weighted by Gasteiger charge is -2.06. The van der Waals surface area contributed by atoms with Crippen molar-refractivity contribution in [1.82, 2.24) is 10.2 Å². The van der Waals surface area contributed by atoms with Gasteiger partial charge in [0, 0.05) is 16.9 Å². The average molecular weight is 464 g/mol. The molecule has 0 aliphatic rings. The Bertz CT molecular complexity index is 1290. The van der Waals surface area contributed by atoms with E-state index in [9.17, 15) is 9.18 Å². The van der Waals surface area contributed by atoms with Crippen LogP contribution in [0.4, 0.5) is 21.7 Å². The normalized spacial score (nSPS) is 11.0. The molecule has 0 spiro atoms. The molecule has 0 atom stereocenters. The van der Waals surface area contributed by atoms with Gasteiger partial charge in [-0.3, -0.25) is 9.89 Å². The van der Waals surface area contributed by atoms with Crippen molar-refractivity contribution in [3.05, 3.63) is 100 Å². The van der Waals surface area contributed by atoms with E-state index in [0.717, 1.165) is 11.1 Å². The second-order valence-corrected chi connectivity index (χ2v) is 7.48. The summed E-state index contributed by atoms with van der Waals surface area (Å²) in [6.45, 7) is 0.325. The number of nitrogens with one attached hydrogen (secondary N) is 2. The molecule has 0 radical (unpaired) electrons. The quantitative estimate of drug-likeness (QED) is 0.305. The van der Waals surface area contributed by atoms with Crippen molar-refractivity contribution in [3.8, 4) is 5.75 Å². The van der Waals surface area contributed by atoms with E-state index in [1.54, 1.807) is 54.7 Å². The van der Waals surface area contributed by atoms with Crippen molar-refractivity contribution in [2.45, 2.75) is 6.61 Å². The Balaban J connectivity index is 1.44. The Labute approximate surface area is 194 Å². The van der Waals surface area contributed by atoms with E-state index in [1.165, 1.54) is 12.1 Å². The van der Waals surface area contributed by atoms with Crippen molar-refractivity contribution in [2.24, 2.45) is 10.7 Å². The largest absolute Gasteiger partial charge is 0.489 e. The SMILES string of the molecule is NC(=O)c1c(N=Cc2ccc(OCc3ccc(F)cc3)cc2)n[nH]c1Nc1cccc(Cl)c1. The van der Waals surface area contributed by atoms with Gasteiger partial charge in [-0.05, 0) is 65.7 Å². The minimum absolute atomic E-state index is 0.130. The van der Waals surface area contributed by atoms with E-state index in [-0.39, 0.29) is 17.2 Å². The van der Waals surface area contributed by atoms with Crippen LogP contribution in [0.1, 0.15) is 21.5 Å². The Morgan fingerprint density at radius 1 is 1.15 bits per heavy atom. The number of hydrogen-bond donors (Lipinski definition) is 3. The lowest BCUT2D eigenvalue weighted by Crippen LogP contribution is -2.12. The maximum absolute atomic E-state index is 13.0. The van der Waals surface area contributed by atoms with E-state index in [2.05, 4.69) is 20.5 Å². The van der Waals surface area contributed by atoms with Gasteiger partial charge in [0.15, 0.2) is 5.82 Å². The predicted octanol–water partition coefficient (Wildman–Crippen LogP) is 5.37. The molecule has 0 aliphatic carbocycles. The third-order valence-electron chi connectivity index (χ3n) is 4.62. The molecule has 0 saturated heterocycles. The topological polar surface area (TPSA) is 105 Å². The van der Waals surface area contributed by atoms with Crippen LogP contribution in [0.15, 0.2) is 77.8 Å². The maximum atomic E-state index is 13.0. The van der Waals surface area contributed by atoms with Crippen LogP contribution < -0.4 is 15.8 Å². The molecule has 7 nitrogen and oxygen atoms in total. The van der Waals surface area contributed by atoms with Crippen LogP contribution >= 0.6 is 11.6 Å². The van der Waals surface area contributed by atoms with Crippen LogP contribution in [-0.2, 0) is 6.61 Å². The molecule has 0 fully saturated rings. The molecule has 9 heteroatoms. The van der Waals surface area contributed by atoms with Crippen LogP contribution in [0.25, 0.3) is 0 Å². The number of carbonyl (C=O) groups is 1. The standard InChI is InChI=1S/C24H19ClFN5O2/c25-17-2-1-3-19(12-17)29-24-21(22(27)32)23(30-31-24)28-13-15-6-10-20(11-7-15)33-14-16-4-8-18(26)9-5-16/h1-13H,14H2,(H2,27,32)(H2,29,30,31). The lowest BCUT2D eigenvalue weighted by atomic mass is 10.2. The van der Waals surface area contributed by atoms with Gasteiger partial charge in [0.1, 0.15) is 29.6 Å². The molecule has 1 aromatic heterocycles. The first-order chi connectivity index (χ1) is 16.0. The third kappa shape index (κ3) is 5.75. The number of rotatable bonds is 8. The Kier molecular flexibility index (Phi) is 6.66. The van der Waals surface area contributed by atoms with Crippen molar-refractivity contribution < 1.29 is 13.9 Å². The highest BCUT2D eigenvalue weighted by Gasteiger charge is 2.18. The van der Waals surface area contributed by atoms with Crippen LogP contribution in [0.3, 0.4) is 0 Å². The van der Waals surface area contributed by atoms with Gasteiger partial charge >= 0.3 is 0 Å². The molecule has 3 aromatic carbocycles.